The van der Waals surface area contributed by atoms with Crippen LogP contribution in [0.4, 0.5) is 4.39 Å². The topological polar surface area (TPSA) is 72.2 Å². The van der Waals surface area contributed by atoms with Crippen molar-refractivity contribution in [3.05, 3.63) is 72.1 Å². The van der Waals surface area contributed by atoms with Gasteiger partial charge in [0.05, 0.1) is 13.2 Å². The van der Waals surface area contributed by atoms with Crippen LogP contribution in [0.5, 0.6) is 11.5 Å². The van der Waals surface area contributed by atoms with Gasteiger partial charge in [-0.1, -0.05) is 30.3 Å². The van der Waals surface area contributed by atoms with E-state index < -0.39 is 17.6 Å². The summed E-state index contributed by atoms with van der Waals surface area (Å²) >= 11 is 0. The molecule has 0 spiro atoms. The number of nitrogens with zero attached hydrogens (tertiary/aromatic N) is 3. The summed E-state index contributed by atoms with van der Waals surface area (Å²) < 4.78 is 20.7. The highest BCUT2D eigenvalue weighted by atomic mass is 19.1. The highest BCUT2D eigenvalue weighted by Crippen LogP contribution is 2.35. The Hall–Kier alpha value is -3.09. The van der Waals surface area contributed by atoms with Crippen molar-refractivity contribution in [3.63, 3.8) is 0 Å². The number of methoxy groups -OCH3 is 1. The zero-order chi connectivity index (χ0) is 16.2. The van der Waals surface area contributed by atoms with Gasteiger partial charge in [0.1, 0.15) is 18.4 Å². The highest BCUT2D eigenvalue weighted by Gasteiger charge is 2.22. The third-order valence-electron chi connectivity index (χ3n) is 3.48. The van der Waals surface area contributed by atoms with Gasteiger partial charge >= 0.3 is 0 Å². The van der Waals surface area contributed by atoms with Crippen molar-refractivity contribution in [2.75, 3.05) is 12.5 Å². The predicted octanol–water partition coefficient (Wildman–Crippen LogP) is 2.46. The lowest BCUT2D eigenvalue weighted by Gasteiger charge is -2.23. The Balaban J connectivity index is 2.12. The molecule has 0 fully saturated rings. The van der Waals surface area contributed by atoms with E-state index in [1.165, 1.54) is 23.4 Å². The number of aromatic nitrogens is 3. The van der Waals surface area contributed by atoms with E-state index in [-0.39, 0.29) is 0 Å². The summed E-state index contributed by atoms with van der Waals surface area (Å²) in [5.74, 6) is -0.487. The molecule has 0 bridgehead atoms. The van der Waals surface area contributed by atoms with Crippen molar-refractivity contribution in [2.45, 2.75) is 6.04 Å². The number of para-hydroxylation sites is 2. The maximum atomic E-state index is 13.8. The van der Waals surface area contributed by atoms with Crippen LogP contribution < -0.4 is 10.2 Å². The van der Waals surface area contributed by atoms with Gasteiger partial charge in [-0.15, -0.1) is 10.2 Å². The van der Waals surface area contributed by atoms with Gasteiger partial charge in [0.15, 0.2) is 11.6 Å². The molecule has 0 saturated heterocycles. The quantitative estimate of drug-likeness (QED) is 0.757. The van der Waals surface area contributed by atoms with E-state index in [9.17, 15) is 9.50 Å². The fourth-order valence-electron chi connectivity index (χ4n) is 2.39. The number of phenolic OH excluding ortho intramolecular Hbond substituents is 1. The van der Waals surface area contributed by atoms with Crippen LogP contribution in [0.3, 0.4) is 0 Å². The first-order valence-corrected chi connectivity index (χ1v) is 6.92. The molecule has 6 nitrogen and oxygen atoms in total. The molecule has 0 radical (unpaired) electrons. The summed E-state index contributed by atoms with van der Waals surface area (Å²) in [4.78, 5) is 0. The fraction of sp³-hybridized carbons (Fsp3) is 0.125. The second kappa shape index (κ2) is 6.35. The maximum absolute atomic E-state index is 13.8. The van der Waals surface area contributed by atoms with E-state index in [0.29, 0.717) is 11.3 Å². The number of rotatable bonds is 5. The van der Waals surface area contributed by atoms with Crippen LogP contribution in [0, 0.1) is 5.82 Å². The standard InChI is InChI=1S/C16H15FN4O2/c1-23-14-8-3-2-5-11(14)15(20-21-9-18-19-10-21)12-6-4-7-13(17)16(12)22/h2-10,15,20,22H,1H3/t15-/m1/s1. The monoisotopic (exact) mass is 314 g/mol. The lowest BCUT2D eigenvalue weighted by molar-refractivity contribution is 0.404. The minimum absolute atomic E-state index is 0.378. The normalized spacial score (nSPS) is 11.9. The molecule has 0 aliphatic rings. The van der Waals surface area contributed by atoms with Crippen LogP contribution in [0.1, 0.15) is 17.2 Å². The number of nitrogens with one attached hydrogen (secondary N) is 1. The lowest BCUT2D eigenvalue weighted by Crippen LogP contribution is -2.21. The number of hydrogen-bond acceptors (Lipinski definition) is 5. The van der Waals surface area contributed by atoms with Gasteiger partial charge in [-0.2, -0.15) is 0 Å². The molecule has 3 rings (SSSR count). The van der Waals surface area contributed by atoms with Gasteiger partial charge in [0.25, 0.3) is 0 Å². The van der Waals surface area contributed by atoms with Crippen molar-refractivity contribution >= 4 is 0 Å². The van der Waals surface area contributed by atoms with E-state index in [4.69, 9.17) is 4.74 Å². The number of halogens is 1. The van der Waals surface area contributed by atoms with Gasteiger partial charge in [0.2, 0.25) is 0 Å². The summed E-state index contributed by atoms with van der Waals surface area (Å²) in [6, 6.07) is 11.2. The summed E-state index contributed by atoms with van der Waals surface area (Å²) in [6.07, 6.45) is 2.94. The molecule has 0 aliphatic carbocycles. The Morgan fingerprint density at radius 1 is 1.09 bits per heavy atom. The van der Waals surface area contributed by atoms with Crippen molar-refractivity contribution in [2.24, 2.45) is 0 Å². The molecule has 7 heteroatoms. The molecule has 0 unspecified atom stereocenters. The van der Waals surface area contributed by atoms with Gasteiger partial charge in [-0.25, -0.2) is 9.07 Å². The zero-order valence-electron chi connectivity index (χ0n) is 12.3. The highest BCUT2D eigenvalue weighted by molar-refractivity contribution is 5.48. The van der Waals surface area contributed by atoms with Crippen LogP contribution in [-0.4, -0.2) is 27.1 Å². The van der Waals surface area contributed by atoms with Crippen LogP contribution in [0.2, 0.25) is 0 Å². The predicted molar refractivity (Wildman–Crippen MR) is 82.3 cm³/mol. The molecule has 1 aromatic heterocycles. The Morgan fingerprint density at radius 3 is 2.52 bits per heavy atom. The smallest absolute Gasteiger partial charge is 0.165 e. The van der Waals surface area contributed by atoms with E-state index in [1.807, 2.05) is 18.2 Å². The van der Waals surface area contributed by atoms with Crippen LogP contribution in [0.15, 0.2) is 55.1 Å². The van der Waals surface area contributed by atoms with E-state index in [1.54, 1.807) is 25.3 Å². The van der Waals surface area contributed by atoms with Crippen LogP contribution >= 0.6 is 0 Å². The Morgan fingerprint density at radius 2 is 1.78 bits per heavy atom. The zero-order valence-corrected chi connectivity index (χ0v) is 12.3. The number of ether oxygens (including phenoxy) is 1. The lowest BCUT2D eigenvalue weighted by atomic mass is 9.97. The first-order valence-electron chi connectivity index (χ1n) is 6.92. The maximum Gasteiger partial charge on any atom is 0.165 e. The van der Waals surface area contributed by atoms with Crippen molar-refractivity contribution in [1.82, 2.24) is 14.9 Å². The summed E-state index contributed by atoms with van der Waals surface area (Å²) in [5, 5.41) is 17.6. The molecule has 0 aliphatic heterocycles. The van der Waals surface area contributed by atoms with Gasteiger partial charge in [0, 0.05) is 11.1 Å². The van der Waals surface area contributed by atoms with E-state index >= 15 is 0 Å². The summed E-state index contributed by atoms with van der Waals surface area (Å²) in [7, 11) is 1.56. The first kappa shape index (κ1) is 14.8. The second-order valence-electron chi connectivity index (χ2n) is 4.85. The molecular weight excluding hydrogens is 299 g/mol. The summed E-state index contributed by atoms with van der Waals surface area (Å²) in [5.41, 5.74) is 4.24. The van der Waals surface area contributed by atoms with E-state index in [0.717, 1.165) is 5.56 Å². The SMILES string of the molecule is COc1ccccc1[C@@H](Nn1cnnc1)c1cccc(F)c1O. The average Bonchev–Trinajstić information content (AvgIpc) is 3.09. The number of phenols is 1. The van der Waals surface area contributed by atoms with Crippen LogP contribution in [-0.2, 0) is 0 Å². The molecular formula is C16H15FN4O2. The molecule has 3 aromatic rings. The minimum atomic E-state index is -0.687. The minimum Gasteiger partial charge on any atom is -0.505 e. The molecule has 2 aromatic carbocycles. The Kier molecular flexibility index (Phi) is 4.09. The number of hydrogen-bond donors (Lipinski definition) is 2. The first-order chi connectivity index (χ1) is 11.2. The van der Waals surface area contributed by atoms with Gasteiger partial charge in [-0.05, 0) is 12.1 Å². The van der Waals surface area contributed by atoms with Gasteiger partial charge < -0.3 is 15.3 Å². The molecule has 1 atom stereocenters. The van der Waals surface area contributed by atoms with Crippen molar-refractivity contribution in [1.29, 1.82) is 0 Å². The molecule has 23 heavy (non-hydrogen) atoms. The Labute approximate surface area is 132 Å². The number of aromatic hydroxyl groups is 1. The third kappa shape index (κ3) is 2.94. The molecule has 2 N–H and O–H groups in total. The van der Waals surface area contributed by atoms with E-state index in [2.05, 4.69) is 15.6 Å². The van der Waals surface area contributed by atoms with Gasteiger partial charge in [-0.3, -0.25) is 0 Å². The molecule has 0 saturated carbocycles. The van der Waals surface area contributed by atoms with Crippen molar-refractivity contribution in [3.8, 4) is 11.5 Å². The fourth-order valence-corrected chi connectivity index (χ4v) is 2.39. The Bertz CT molecular complexity index is 793. The average molecular weight is 314 g/mol. The summed E-state index contributed by atoms with van der Waals surface area (Å²) in [6.45, 7) is 0. The molecule has 118 valence electrons. The largest absolute Gasteiger partial charge is 0.505 e. The molecule has 0 amide bonds. The second-order valence-corrected chi connectivity index (χ2v) is 4.85. The van der Waals surface area contributed by atoms with Crippen LogP contribution in [0.25, 0.3) is 0 Å². The van der Waals surface area contributed by atoms with Crippen molar-refractivity contribution < 1.29 is 14.2 Å². The molecule has 1 heterocycles. The third-order valence-corrected chi connectivity index (χ3v) is 3.48. The number of benzene rings is 2.